The SMILES string of the molecule is CCn1cc(S(=O)(=O)NC2CN(C)CC2C)cn1. The summed E-state index contributed by atoms with van der Waals surface area (Å²) in [7, 11) is -1.45. The lowest BCUT2D eigenvalue weighted by Gasteiger charge is -2.15. The van der Waals surface area contributed by atoms with E-state index in [2.05, 4.69) is 21.6 Å². The van der Waals surface area contributed by atoms with Crippen molar-refractivity contribution in [2.45, 2.75) is 31.3 Å². The zero-order valence-electron chi connectivity index (χ0n) is 11.0. The van der Waals surface area contributed by atoms with Crippen molar-refractivity contribution in [2.75, 3.05) is 20.1 Å². The van der Waals surface area contributed by atoms with Crippen LogP contribution in [-0.2, 0) is 16.6 Å². The summed E-state index contributed by atoms with van der Waals surface area (Å²) in [5, 5.41) is 4.00. The van der Waals surface area contributed by atoms with Crippen LogP contribution >= 0.6 is 0 Å². The first kappa shape index (κ1) is 13.5. The lowest BCUT2D eigenvalue weighted by atomic mass is 10.1. The van der Waals surface area contributed by atoms with Gasteiger partial charge in [-0.3, -0.25) is 4.68 Å². The van der Waals surface area contributed by atoms with Crippen LogP contribution in [0.1, 0.15) is 13.8 Å². The average Bonchev–Trinajstić information content (AvgIpc) is 2.86. The first-order chi connectivity index (χ1) is 8.42. The molecule has 1 aromatic rings. The molecule has 2 rings (SSSR count). The van der Waals surface area contributed by atoms with E-state index in [4.69, 9.17) is 0 Å². The summed E-state index contributed by atoms with van der Waals surface area (Å²) in [6.45, 7) is 6.32. The lowest BCUT2D eigenvalue weighted by Crippen LogP contribution is -2.39. The van der Waals surface area contributed by atoms with Gasteiger partial charge >= 0.3 is 0 Å². The number of rotatable bonds is 4. The van der Waals surface area contributed by atoms with Crippen molar-refractivity contribution < 1.29 is 8.42 Å². The maximum absolute atomic E-state index is 12.2. The van der Waals surface area contributed by atoms with Crippen LogP contribution in [0.25, 0.3) is 0 Å². The standard InChI is InChI=1S/C11H20N4O2S/c1-4-15-7-10(5-12-15)18(16,17)13-11-8-14(3)6-9(11)2/h5,7,9,11,13H,4,6,8H2,1-3H3. The fraction of sp³-hybridized carbons (Fsp3) is 0.727. The van der Waals surface area contributed by atoms with E-state index in [1.54, 1.807) is 10.9 Å². The van der Waals surface area contributed by atoms with Crippen molar-refractivity contribution >= 4 is 10.0 Å². The summed E-state index contributed by atoms with van der Waals surface area (Å²) in [5.74, 6) is 0.325. The molecule has 1 N–H and O–H groups in total. The van der Waals surface area contributed by atoms with Crippen LogP contribution < -0.4 is 4.72 Å². The Morgan fingerprint density at radius 1 is 1.50 bits per heavy atom. The van der Waals surface area contributed by atoms with Crippen molar-refractivity contribution in [2.24, 2.45) is 5.92 Å². The summed E-state index contributed by atoms with van der Waals surface area (Å²) in [6, 6.07) is -0.0232. The van der Waals surface area contributed by atoms with Gasteiger partial charge in [-0.05, 0) is 19.9 Å². The Bertz CT molecular complexity index is 511. The van der Waals surface area contributed by atoms with Crippen LogP contribution in [0.4, 0.5) is 0 Å². The van der Waals surface area contributed by atoms with E-state index in [0.717, 1.165) is 13.1 Å². The van der Waals surface area contributed by atoms with E-state index >= 15 is 0 Å². The van der Waals surface area contributed by atoms with Crippen LogP contribution in [0.15, 0.2) is 17.3 Å². The van der Waals surface area contributed by atoms with Gasteiger partial charge in [0.2, 0.25) is 10.0 Å². The van der Waals surface area contributed by atoms with Crippen LogP contribution in [0.3, 0.4) is 0 Å². The topological polar surface area (TPSA) is 67.2 Å². The summed E-state index contributed by atoms with van der Waals surface area (Å²) >= 11 is 0. The molecule has 2 atom stereocenters. The molecule has 0 aromatic carbocycles. The zero-order chi connectivity index (χ0) is 13.3. The van der Waals surface area contributed by atoms with E-state index < -0.39 is 10.0 Å². The fourth-order valence-corrected chi connectivity index (χ4v) is 3.57. The highest BCUT2D eigenvalue weighted by molar-refractivity contribution is 7.89. The van der Waals surface area contributed by atoms with Gasteiger partial charge in [-0.15, -0.1) is 0 Å². The normalized spacial score (nSPS) is 25.7. The zero-order valence-corrected chi connectivity index (χ0v) is 11.8. The van der Waals surface area contributed by atoms with Gasteiger partial charge in [0.1, 0.15) is 4.90 Å². The van der Waals surface area contributed by atoms with Crippen LogP contribution in [0, 0.1) is 5.92 Å². The maximum Gasteiger partial charge on any atom is 0.243 e. The second-order valence-electron chi connectivity index (χ2n) is 4.96. The van der Waals surface area contributed by atoms with Gasteiger partial charge < -0.3 is 4.90 Å². The average molecular weight is 272 g/mol. The number of likely N-dealkylation sites (N-methyl/N-ethyl adjacent to an activating group) is 1. The van der Waals surface area contributed by atoms with Gasteiger partial charge in [-0.25, -0.2) is 13.1 Å². The molecule has 1 aliphatic heterocycles. The second-order valence-corrected chi connectivity index (χ2v) is 6.67. The van der Waals surface area contributed by atoms with Gasteiger partial charge in [-0.1, -0.05) is 6.92 Å². The minimum absolute atomic E-state index is 0.0232. The molecule has 7 heteroatoms. The fourth-order valence-electron chi connectivity index (χ4n) is 2.29. The van der Waals surface area contributed by atoms with E-state index in [9.17, 15) is 8.42 Å². The predicted octanol–water partition coefficient (Wildman–Crippen LogP) is 0.131. The molecule has 2 heterocycles. The quantitative estimate of drug-likeness (QED) is 0.846. The molecule has 18 heavy (non-hydrogen) atoms. The molecule has 0 aliphatic carbocycles. The molecule has 6 nitrogen and oxygen atoms in total. The van der Waals surface area contributed by atoms with Crippen LogP contribution in [0.2, 0.25) is 0 Å². The third-order valence-electron chi connectivity index (χ3n) is 3.35. The Morgan fingerprint density at radius 2 is 2.22 bits per heavy atom. The monoisotopic (exact) mass is 272 g/mol. The second kappa shape index (κ2) is 4.99. The molecule has 0 amide bonds. The number of nitrogens with one attached hydrogen (secondary N) is 1. The van der Waals surface area contributed by atoms with Gasteiger partial charge in [0.25, 0.3) is 0 Å². The number of aryl methyl sites for hydroxylation is 1. The van der Waals surface area contributed by atoms with E-state index in [1.807, 2.05) is 14.0 Å². The molecule has 0 radical (unpaired) electrons. The highest BCUT2D eigenvalue weighted by Gasteiger charge is 2.31. The smallest absolute Gasteiger partial charge is 0.243 e. The van der Waals surface area contributed by atoms with Crippen molar-refractivity contribution in [1.82, 2.24) is 19.4 Å². The molecule has 2 unspecified atom stereocenters. The lowest BCUT2D eigenvalue weighted by molar-refractivity contribution is 0.400. The summed E-state index contributed by atoms with van der Waals surface area (Å²) in [6.07, 6.45) is 2.96. The van der Waals surface area contributed by atoms with Crippen molar-refractivity contribution in [3.63, 3.8) is 0 Å². The molecule has 0 spiro atoms. The highest BCUT2D eigenvalue weighted by Crippen LogP contribution is 2.17. The Labute approximate surface area is 108 Å². The molecular weight excluding hydrogens is 252 g/mol. The number of nitrogens with zero attached hydrogens (tertiary/aromatic N) is 3. The van der Waals surface area contributed by atoms with Crippen molar-refractivity contribution in [3.05, 3.63) is 12.4 Å². The Hall–Kier alpha value is -0.920. The molecule has 1 aromatic heterocycles. The Morgan fingerprint density at radius 3 is 2.72 bits per heavy atom. The van der Waals surface area contributed by atoms with E-state index in [-0.39, 0.29) is 10.9 Å². The molecule has 1 aliphatic rings. The first-order valence-electron chi connectivity index (χ1n) is 6.15. The number of likely N-dealkylation sites (tertiary alicyclic amines) is 1. The minimum Gasteiger partial charge on any atom is -0.304 e. The van der Waals surface area contributed by atoms with Crippen LogP contribution in [0.5, 0.6) is 0 Å². The van der Waals surface area contributed by atoms with Crippen molar-refractivity contribution in [3.8, 4) is 0 Å². The van der Waals surface area contributed by atoms with Gasteiger partial charge in [0.15, 0.2) is 0 Å². The minimum atomic E-state index is -3.45. The molecule has 1 saturated heterocycles. The third-order valence-corrected chi connectivity index (χ3v) is 4.79. The molecular formula is C11H20N4O2S. The number of hydrogen-bond donors (Lipinski definition) is 1. The van der Waals surface area contributed by atoms with Crippen LogP contribution in [-0.4, -0.2) is 49.3 Å². The number of aromatic nitrogens is 2. The number of hydrogen-bond acceptors (Lipinski definition) is 4. The summed E-state index contributed by atoms with van der Waals surface area (Å²) < 4.78 is 28.7. The highest BCUT2D eigenvalue weighted by atomic mass is 32.2. The molecule has 1 fully saturated rings. The van der Waals surface area contributed by atoms with Gasteiger partial charge in [0, 0.05) is 31.9 Å². The largest absolute Gasteiger partial charge is 0.304 e. The van der Waals surface area contributed by atoms with Gasteiger partial charge in [0.05, 0.1) is 6.20 Å². The third kappa shape index (κ3) is 2.73. The Kier molecular flexibility index (Phi) is 3.74. The summed E-state index contributed by atoms with van der Waals surface area (Å²) in [4.78, 5) is 2.37. The maximum atomic E-state index is 12.2. The molecule has 0 saturated carbocycles. The number of sulfonamides is 1. The van der Waals surface area contributed by atoms with E-state index in [0.29, 0.717) is 12.5 Å². The van der Waals surface area contributed by atoms with E-state index in [1.165, 1.54) is 6.20 Å². The first-order valence-corrected chi connectivity index (χ1v) is 7.64. The van der Waals surface area contributed by atoms with Crippen molar-refractivity contribution in [1.29, 1.82) is 0 Å². The Balaban J connectivity index is 2.12. The molecule has 102 valence electrons. The predicted molar refractivity (Wildman–Crippen MR) is 68.7 cm³/mol. The molecule has 0 bridgehead atoms. The van der Waals surface area contributed by atoms with Gasteiger partial charge in [-0.2, -0.15) is 5.10 Å². The summed E-state index contributed by atoms with van der Waals surface area (Å²) in [5.41, 5.74) is 0.